The van der Waals surface area contributed by atoms with Crippen molar-refractivity contribution in [2.45, 2.75) is 0 Å². The Labute approximate surface area is 338 Å². The van der Waals surface area contributed by atoms with Crippen LogP contribution < -0.4 is 4.90 Å². The molecular formula is C56H38N2. The zero-order valence-electron chi connectivity index (χ0n) is 31.8. The summed E-state index contributed by atoms with van der Waals surface area (Å²) in [5, 5.41) is 7.39. The molecule has 10 aromatic carbocycles. The van der Waals surface area contributed by atoms with Gasteiger partial charge in [0.25, 0.3) is 0 Å². The largest absolute Gasteiger partial charge is 0.309 e. The number of fused-ring (bicyclic) bond motifs is 5. The lowest BCUT2D eigenvalue weighted by Gasteiger charge is -2.29. The average Bonchev–Trinajstić information content (AvgIpc) is 3.65. The van der Waals surface area contributed by atoms with Crippen molar-refractivity contribution in [3.8, 4) is 39.1 Å². The topological polar surface area (TPSA) is 8.17 Å². The number of nitrogens with zero attached hydrogens (tertiary/aromatic N) is 2. The molecule has 1 aromatic heterocycles. The van der Waals surface area contributed by atoms with Crippen molar-refractivity contribution >= 4 is 60.4 Å². The lowest BCUT2D eigenvalue weighted by atomic mass is 9.94. The summed E-state index contributed by atoms with van der Waals surface area (Å²) in [6, 6.07) is 83.7. The first-order chi connectivity index (χ1) is 28.8. The summed E-state index contributed by atoms with van der Waals surface area (Å²) in [5.74, 6) is 0. The van der Waals surface area contributed by atoms with E-state index in [-0.39, 0.29) is 0 Å². The second-order valence-electron chi connectivity index (χ2n) is 14.9. The van der Waals surface area contributed by atoms with Crippen LogP contribution in [0.2, 0.25) is 0 Å². The number of hydrogen-bond donors (Lipinski definition) is 0. The summed E-state index contributed by atoms with van der Waals surface area (Å²) in [6.07, 6.45) is 0. The van der Waals surface area contributed by atoms with E-state index >= 15 is 0 Å². The smallest absolute Gasteiger partial charge is 0.0619 e. The molecule has 0 bridgehead atoms. The van der Waals surface area contributed by atoms with Crippen molar-refractivity contribution in [1.29, 1.82) is 0 Å². The molecule has 0 aliphatic carbocycles. The Bertz CT molecular complexity index is 3260. The van der Waals surface area contributed by atoms with Crippen LogP contribution in [0, 0.1) is 0 Å². The lowest BCUT2D eigenvalue weighted by Crippen LogP contribution is -2.12. The zero-order valence-corrected chi connectivity index (χ0v) is 31.8. The molecular weight excluding hydrogens is 701 g/mol. The standard InChI is InChI=1S/C56H38N2/c1-3-16-41(17-4-1)52-38-43(49-28-15-29-51-50-26-11-12-30-54(50)58(56(49)51)44-22-5-2-6-23-44)34-37-55(52)57(53-31-14-21-40-19-8-10-25-48(40)53)45-35-32-42(33-36-45)47-27-13-20-39-18-7-9-24-46(39)47/h1-38H. The molecule has 0 N–H and O–H groups in total. The second-order valence-corrected chi connectivity index (χ2v) is 14.9. The van der Waals surface area contributed by atoms with Gasteiger partial charge in [-0.2, -0.15) is 0 Å². The van der Waals surface area contributed by atoms with Gasteiger partial charge in [-0.3, -0.25) is 0 Å². The van der Waals surface area contributed by atoms with Gasteiger partial charge in [-0.25, -0.2) is 0 Å². The normalized spacial score (nSPS) is 11.4. The Morgan fingerprint density at radius 1 is 0.310 bits per heavy atom. The van der Waals surface area contributed by atoms with Gasteiger partial charge in [-0.1, -0.05) is 182 Å². The lowest BCUT2D eigenvalue weighted by molar-refractivity contribution is 1.18. The van der Waals surface area contributed by atoms with Gasteiger partial charge >= 0.3 is 0 Å². The van der Waals surface area contributed by atoms with Gasteiger partial charge in [-0.05, 0) is 86.9 Å². The predicted octanol–water partition coefficient (Wildman–Crippen LogP) is 15.6. The maximum Gasteiger partial charge on any atom is 0.0619 e. The van der Waals surface area contributed by atoms with Crippen LogP contribution >= 0.6 is 0 Å². The minimum absolute atomic E-state index is 1.09. The summed E-state index contributed by atoms with van der Waals surface area (Å²) < 4.78 is 2.43. The Kier molecular flexibility index (Phi) is 8.19. The first-order valence-corrected chi connectivity index (χ1v) is 19.9. The van der Waals surface area contributed by atoms with E-state index in [2.05, 4.69) is 240 Å². The van der Waals surface area contributed by atoms with Gasteiger partial charge in [0.2, 0.25) is 0 Å². The maximum absolute atomic E-state index is 2.45. The third-order valence-corrected chi connectivity index (χ3v) is 11.6. The van der Waals surface area contributed by atoms with Crippen LogP contribution in [-0.2, 0) is 0 Å². The van der Waals surface area contributed by atoms with E-state index in [1.165, 1.54) is 60.0 Å². The van der Waals surface area contributed by atoms with E-state index in [0.717, 1.165) is 39.4 Å². The third kappa shape index (κ3) is 5.66. The van der Waals surface area contributed by atoms with E-state index in [0.29, 0.717) is 0 Å². The van der Waals surface area contributed by atoms with E-state index < -0.39 is 0 Å². The van der Waals surface area contributed by atoms with Gasteiger partial charge in [0.15, 0.2) is 0 Å². The zero-order chi connectivity index (χ0) is 38.4. The summed E-state index contributed by atoms with van der Waals surface area (Å²) in [4.78, 5) is 2.45. The quantitative estimate of drug-likeness (QED) is 0.158. The van der Waals surface area contributed by atoms with Crippen LogP contribution in [-0.4, -0.2) is 4.57 Å². The molecule has 0 saturated heterocycles. The van der Waals surface area contributed by atoms with Crippen molar-refractivity contribution in [2.75, 3.05) is 4.90 Å². The minimum atomic E-state index is 1.09. The van der Waals surface area contributed by atoms with Gasteiger partial charge < -0.3 is 9.47 Å². The fourth-order valence-corrected chi connectivity index (χ4v) is 8.92. The van der Waals surface area contributed by atoms with Gasteiger partial charge in [0.05, 0.1) is 22.4 Å². The molecule has 0 radical (unpaired) electrons. The summed E-state index contributed by atoms with van der Waals surface area (Å²) in [6.45, 7) is 0. The summed E-state index contributed by atoms with van der Waals surface area (Å²) >= 11 is 0. The minimum Gasteiger partial charge on any atom is -0.309 e. The van der Waals surface area contributed by atoms with Crippen LogP contribution in [0.5, 0.6) is 0 Å². The van der Waals surface area contributed by atoms with Crippen molar-refractivity contribution in [2.24, 2.45) is 0 Å². The van der Waals surface area contributed by atoms with Crippen molar-refractivity contribution < 1.29 is 0 Å². The molecule has 11 rings (SSSR count). The highest BCUT2D eigenvalue weighted by Crippen LogP contribution is 2.46. The van der Waals surface area contributed by atoms with E-state index in [1.54, 1.807) is 0 Å². The maximum atomic E-state index is 2.45. The second kappa shape index (κ2) is 14.1. The molecule has 0 fully saturated rings. The van der Waals surface area contributed by atoms with Crippen molar-refractivity contribution in [3.05, 3.63) is 231 Å². The van der Waals surface area contributed by atoms with Crippen LogP contribution in [0.25, 0.3) is 82.4 Å². The summed E-state index contributed by atoms with van der Waals surface area (Å²) in [7, 11) is 0. The fourth-order valence-electron chi connectivity index (χ4n) is 8.92. The number of hydrogen-bond acceptors (Lipinski definition) is 1. The third-order valence-electron chi connectivity index (χ3n) is 11.6. The van der Waals surface area contributed by atoms with Crippen LogP contribution in [0.3, 0.4) is 0 Å². The van der Waals surface area contributed by atoms with Crippen LogP contribution in [0.4, 0.5) is 17.1 Å². The molecule has 0 atom stereocenters. The molecule has 272 valence electrons. The number of aromatic nitrogens is 1. The average molecular weight is 739 g/mol. The van der Waals surface area contributed by atoms with E-state index in [1.807, 2.05) is 0 Å². The number of para-hydroxylation sites is 3. The van der Waals surface area contributed by atoms with Gasteiger partial charge in [-0.15, -0.1) is 0 Å². The molecule has 58 heavy (non-hydrogen) atoms. The molecule has 2 nitrogen and oxygen atoms in total. The van der Waals surface area contributed by atoms with Crippen LogP contribution in [0.1, 0.15) is 0 Å². The van der Waals surface area contributed by atoms with E-state index in [4.69, 9.17) is 0 Å². The first-order valence-electron chi connectivity index (χ1n) is 19.9. The Morgan fingerprint density at radius 2 is 0.862 bits per heavy atom. The molecule has 11 aromatic rings. The van der Waals surface area contributed by atoms with Crippen molar-refractivity contribution in [1.82, 2.24) is 4.57 Å². The Hall–Kier alpha value is -7.68. The number of rotatable bonds is 7. The molecule has 0 saturated carbocycles. The number of anilines is 3. The SMILES string of the molecule is c1ccc(-c2cc(-c3cccc4c5ccccc5n(-c5ccccc5)c34)ccc2N(c2ccc(-c3cccc4ccccc34)cc2)c2cccc3ccccc23)cc1. The Morgan fingerprint density at radius 3 is 1.66 bits per heavy atom. The molecule has 0 aliphatic heterocycles. The van der Waals surface area contributed by atoms with E-state index in [9.17, 15) is 0 Å². The number of benzene rings is 10. The van der Waals surface area contributed by atoms with Gasteiger partial charge in [0.1, 0.15) is 0 Å². The molecule has 2 heteroatoms. The molecule has 0 amide bonds. The molecule has 0 unspecified atom stereocenters. The fraction of sp³-hybridized carbons (Fsp3) is 0. The first kappa shape index (κ1) is 33.6. The highest BCUT2D eigenvalue weighted by atomic mass is 15.1. The molecule has 0 aliphatic rings. The highest BCUT2D eigenvalue weighted by Gasteiger charge is 2.22. The van der Waals surface area contributed by atoms with Crippen molar-refractivity contribution in [3.63, 3.8) is 0 Å². The van der Waals surface area contributed by atoms with Gasteiger partial charge in [0, 0.05) is 38.7 Å². The molecule has 1 heterocycles. The Balaban J connectivity index is 1.15. The summed E-state index contributed by atoms with van der Waals surface area (Å²) in [5.41, 5.74) is 14.0. The highest BCUT2D eigenvalue weighted by molar-refractivity contribution is 6.14. The molecule has 0 spiro atoms. The van der Waals surface area contributed by atoms with Crippen LogP contribution in [0.15, 0.2) is 231 Å². The monoisotopic (exact) mass is 738 g/mol. The predicted molar refractivity (Wildman–Crippen MR) is 247 cm³/mol.